The Labute approximate surface area is 91.4 Å². The lowest BCUT2D eigenvalue weighted by atomic mass is 10.2. The van der Waals surface area contributed by atoms with E-state index in [0.29, 0.717) is 11.8 Å². The standard InChI is InChI=1S/C8H12ClIN2/c1-6(2)5-12-8(10)3-7(4-9)11-12/h3,6H,4-5H2,1-2H3. The van der Waals surface area contributed by atoms with Crippen LogP contribution in [0.15, 0.2) is 6.07 Å². The average Bonchev–Trinajstić information content (AvgIpc) is 2.31. The molecule has 1 aromatic heterocycles. The van der Waals surface area contributed by atoms with Gasteiger partial charge in [0, 0.05) is 6.54 Å². The molecule has 1 heterocycles. The van der Waals surface area contributed by atoms with Crippen LogP contribution in [0.2, 0.25) is 0 Å². The predicted octanol–water partition coefficient (Wildman–Crippen LogP) is 2.88. The van der Waals surface area contributed by atoms with Crippen LogP contribution in [0, 0.1) is 9.62 Å². The summed E-state index contributed by atoms with van der Waals surface area (Å²) >= 11 is 7.95. The highest BCUT2D eigenvalue weighted by atomic mass is 127. The lowest BCUT2D eigenvalue weighted by molar-refractivity contribution is 0.473. The Morgan fingerprint density at radius 2 is 2.33 bits per heavy atom. The molecule has 0 saturated heterocycles. The number of hydrogen-bond acceptors (Lipinski definition) is 1. The van der Waals surface area contributed by atoms with Crippen molar-refractivity contribution in [3.63, 3.8) is 0 Å². The molecule has 0 amide bonds. The number of halogens is 2. The van der Waals surface area contributed by atoms with Gasteiger partial charge in [-0.25, -0.2) is 0 Å². The normalized spacial score (nSPS) is 11.1. The molecule has 68 valence electrons. The van der Waals surface area contributed by atoms with E-state index in [1.807, 2.05) is 10.7 Å². The molecule has 1 rings (SSSR count). The van der Waals surface area contributed by atoms with Gasteiger partial charge in [-0.3, -0.25) is 4.68 Å². The molecular weight excluding hydrogens is 286 g/mol. The van der Waals surface area contributed by atoms with E-state index in [1.165, 1.54) is 0 Å². The fourth-order valence-electron chi connectivity index (χ4n) is 0.983. The largest absolute Gasteiger partial charge is 0.259 e. The molecule has 0 spiro atoms. The summed E-state index contributed by atoms with van der Waals surface area (Å²) in [5.74, 6) is 1.13. The molecule has 12 heavy (non-hydrogen) atoms. The van der Waals surface area contributed by atoms with Crippen LogP contribution in [0.25, 0.3) is 0 Å². The van der Waals surface area contributed by atoms with Gasteiger partial charge < -0.3 is 0 Å². The maximum atomic E-state index is 5.67. The quantitative estimate of drug-likeness (QED) is 0.620. The van der Waals surface area contributed by atoms with Crippen LogP contribution in [0.5, 0.6) is 0 Å². The summed E-state index contributed by atoms with van der Waals surface area (Å²) in [7, 11) is 0. The zero-order chi connectivity index (χ0) is 9.14. The molecule has 0 aromatic carbocycles. The summed E-state index contributed by atoms with van der Waals surface area (Å²) in [6.45, 7) is 5.32. The number of nitrogens with zero attached hydrogens (tertiary/aromatic N) is 2. The molecule has 0 unspecified atom stereocenters. The number of aromatic nitrogens is 2. The Hall–Kier alpha value is 0.230. The Kier molecular flexibility index (Phi) is 3.83. The van der Waals surface area contributed by atoms with Crippen LogP contribution in [0.4, 0.5) is 0 Å². The van der Waals surface area contributed by atoms with E-state index in [4.69, 9.17) is 11.6 Å². The summed E-state index contributed by atoms with van der Waals surface area (Å²) in [6.07, 6.45) is 0. The van der Waals surface area contributed by atoms with E-state index in [2.05, 4.69) is 41.5 Å². The second-order valence-corrected chi connectivity index (χ2v) is 4.54. The van der Waals surface area contributed by atoms with Crippen LogP contribution < -0.4 is 0 Å². The third-order valence-corrected chi connectivity index (χ3v) is 2.60. The summed E-state index contributed by atoms with van der Waals surface area (Å²) in [6, 6.07) is 2.02. The van der Waals surface area contributed by atoms with Crippen molar-refractivity contribution >= 4 is 34.2 Å². The van der Waals surface area contributed by atoms with Crippen molar-refractivity contribution in [1.82, 2.24) is 9.78 Å². The first-order chi connectivity index (χ1) is 5.63. The van der Waals surface area contributed by atoms with Gasteiger partial charge in [0.25, 0.3) is 0 Å². The van der Waals surface area contributed by atoms with Gasteiger partial charge in [0.1, 0.15) is 0 Å². The zero-order valence-electron chi connectivity index (χ0n) is 7.22. The van der Waals surface area contributed by atoms with E-state index >= 15 is 0 Å². The fourth-order valence-corrected chi connectivity index (χ4v) is 1.78. The molecule has 0 aliphatic rings. The predicted molar refractivity (Wildman–Crippen MR) is 59.3 cm³/mol. The second-order valence-electron chi connectivity index (χ2n) is 3.17. The van der Waals surface area contributed by atoms with Crippen molar-refractivity contribution in [3.05, 3.63) is 15.5 Å². The van der Waals surface area contributed by atoms with Gasteiger partial charge in [-0.2, -0.15) is 5.10 Å². The molecule has 0 radical (unpaired) electrons. The first-order valence-electron chi connectivity index (χ1n) is 3.91. The number of rotatable bonds is 3. The molecular formula is C8H12ClIN2. The number of hydrogen-bond donors (Lipinski definition) is 0. The van der Waals surface area contributed by atoms with Crippen molar-refractivity contribution in [3.8, 4) is 0 Å². The molecule has 0 saturated carbocycles. The molecule has 0 atom stereocenters. The van der Waals surface area contributed by atoms with E-state index in [0.717, 1.165) is 15.9 Å². The molecule has 0 N–H and O–H groups in total. The monoisotopic (exact) mass is 298 g/mol. The zero-order valence-corrected chi connectivity index (χ0v) is 10.1. The molecule has 4 heteroatoms. The Morgan fingerprint density at radius 1 is 1.67 bits per heavy atom. The van der Waals surface area contributed by atoms with E-state index in [1.54, 1.807) is 0 Å². The molecule has 2 nitrogen and oxygen atoms in total. The topological polar surface area (TPSA) is 17.8 Å². The lowest BCUT2D eigenvalue weighted by Gasteiger charge is -2.05. The van der Waals surface area contributed by atoms with Crippen molar-refractivity contribution in [2.24, 2.45) is 5.92 Å². The van der Waals surface area contributed by atoms with E-state index in [-0.39, 0.29) is 0 Å². The van der Waals surface area contributed by atoms with Gasteiger partial charge in [-0.1, -0.05) is 13.8 Å². The fraction of sp³-hybridized carbons (Fsp3) is 0.625. The third-order valence-electron chi connectivity index (χ3n) is 1.46. The van der Waals surface area contributed by atoms with Crippen LogP contribution in [0.1, 0.15) is 19.5 Å². The maximum absolute atomic E-state index is 5.67. The molecule has 0 bridgehead atoms. The van der Waals surface area contributed by atoms with Gasteiger partial charge in [0.15, 0.2) is 0 Å². The summed E-state index contributed by atoms with van der Waals surface area (Å²) in [5.41, 5.74) is 0.960. The first kappa shape index (κ1) is 10.3. The minimum Gasteiger partial charge on any atom is -0.259 e. The van der Waals surface area contributed by atoms with Crippen molar-refractivity contribution in [2.75, 3.05) is 0 Å². The lowest BCUT2D eigenvalue weighted by Crippen LogP contribution is -2.07. The van der Waals surface area contributed by atoms with Crippen LogP contribution in [0.3, 0.4) is 0 Å². The van der Waals surface area contributed by atoms with Crippen molar-refractivity contribution in [2.45, 2.75) is 26.3 Å². The van der Waals surface area contributed by atoms with Gasteiger partial charge in [0.2, 0.25) is 0 Å². The highest BCUT2D eigenvalue weighted by molar-refractivity contribution is 14.1. The van der Waals surface area contributed by atoms with Crippen molar-refractivity contribution < 1.29 is 0 Å². The van der Waals surface area contributed by atoms with Crippen LogP contribution in [-0.4, -0.2) is 9.78 Å². The van der Waals surface area contributed by atoms with Gasteiger partial charge >= 0.3 is 0 Å². The van der Waals surface area contributed by atoms with Crippen LogP contribution >= 0.6 is 34.2 Å². The Bertz CT molecular complexity index is 258. The molecule has 0 fully saturated rings. The van der Waals surface area contributed by atoms with E-state index < -0.39 is 0 Å². The summed E-state index contributed by atoms with van der Waals surface area (Å²) < 4.78 is 3.17. The van der Waals surface area contributed by atoms with E-state index in [9.17, 15) is 0 Å². The second kappa shape index (κ2) is 4.46. The third kappa shape index (κ3) is 2.62. The first-order valence-corrected chi connectivity index (χ1v) is 5.53. The van der Waals surface area contributed by atoms with Gasteiger partial charge in [0.05, 0.1) is 15.3 Å². The number of alkyl halides is 1. The molecule has 0 aliphatic carbocycles. The van der Waals surface area contributed by atoms with Crippen molar-refractivity contribution in [1.29, 1.82) is 0 Å². The highest BCUT2D eigenvalue weighted by Crippen LogP contribution is 2.11. The maximum Gasteiger partial charge on any atom is 0.0992 e. The minimum absolute atomic E-state index is 0.501. The van der Waals surface area contributed by atoms with Crippen LogP contribution in [-0.2, 0) is 12.4 Å². The summed E-state index contributed by atoms with van der Waals surface area (Å²) in [5, 5.41) is 4.35. The van der Waals surface area contributed by atoms with Gasteiger partial charge in [-0.05, 0) is 34.6 Å². The SMILES string of the molecule is CC(C)Cn1nc(CCl)cc1I. The summed E-state index contributed by atoms with van der Waals surface area (Å²) in [4.78, 5) is 0. The molecule has 1 aromatic rings. The Balaban J connectivity index is 2.77. The van der Waals surface area contributed by atoms with Gasteiger partial charge in [-0.15, -0.1) is 11.6 Å². The smallest absolute Gasteiger partial charge is 0.0992 e. The molecule has 0 aliphatic heterocycles. The highest BCUT2D eigenvalue weighted by Gasteiger charge is 2.05. The average molecular weight is 299 g/mol. The minimum atomic E-state index is 0.501. The Morgan fingerprint density at radius 3 is 2.75 bits per heavy atom.